The average Bonchev–Trinajstić information content (AvgIpc) is 3.06. The SMILES string of the molecule is CC(C)n1ncc2c(=O)n3c(nc21)CN(c1ccc(C#N)cc1)CC3. The van der Waals surface area contributed by atoms with E-state index >= 15 is 0 Å². The summed E-state index contributed by atoms with van der Waals surface area (Å²) in [4.78, 5) is 19.7. The van der Waals surface area contributed by atoms with Crippen molar-refractivity contribution in [3.63, 3.8) is 0 Å². The molecule has 126 valence electrons. The molecule has 0 N–H and O–H groups in total. The lowest BCUT2D eigenvalue weighted by atomic mass is 10.2. The zero-order valence-electron chi connectivity index (χ0n) is 14.2. The van der Waals surface area contributed by atoms with E-state index in [0.29, 0.717) is 29.7 Å². The van der Waals surface area contributed by atoms with Crippen molar-refractivity contribution < 1.29 is 0 Å². The van der Waals surface area contributed by atoms with E-state index < -0.39 is 0 Å². The highest BCUT2D eigenvalue weighted by Gasteiger charge is 2.22. The van der Waals surface area contributed by atoms with Gasteiger partial charge in [-0.15, -0.1) is 0 Å². The molecule has 0 aliphatic carbocycles. The van der Waals surface area contributed by atoms with Crippen LogP contribution in [0.5, 0.6) is 0 Å². The number of nitriles is 1. The second-order valence-electron chi connectivity index (χ2n) is 6.49. The summed E-state index contributed by atoms with van der Waals surface area (Å²) in [6.45, 7) is 5.91. The molecule has 0 fully saturated rings. The van der Waals surface area contributed by atoms with E-state index in [0.717, 1.165) is 18.1 Å². The molecule has 3 heterocycles. The Morgan fingerprint density at radius 2 is 1.96 bits per heavy atom. The van der Waals surface area contributed by atoms with E-state index in [-0.39, 0.29) is 11.6 Å². The molecule has 2 aromatic heterocycles. The van der Waals surface area contributed by atoms with Crippen molar-refractivity contribution in [3.05, 3.63) is 52.2 Å². The van der Waals surface area contributed by atoms with E-state index in [1.54, 1.807) is 15.4 Å². The quantitative estimate of drug-likeness (QED) is 0.717. The third kappa shape index (κ3) is 2.47. The van der Waals surface area contributed by atoms with Gasteiger partial charge in [-0.2, -0.15) is 10.4 Å². The van der Waals surface area contributed by atoms with Crippen LogP contribution in [0.4, 0.5) is 5.69 Å². The van der Waals surface area contributed by atoms with Crippen molar-refractivity contribution in [2.45, 2.75) is 33.0 Å². The molecule has 1 aromatic carbocycles. The first-order valence-corrected chi connectivity index (χ1v) is 8.30. The van der Waals surface area contributed by atoms with E-state index in [2.05, 4.69) is 16.1 Å². The number of nitrogens with zero attached hydrogens (tertiary/aromatic N) is 6. The number of hydrogen-bond donors (Lipinski definition) is 0. The van der Waals surface area contributed by atoms with Gasteiger partial charge in [-0.25, -0.2) is 9.67 Å². The molecule has 4 rings (SSSR count). The van der Waals surface area contributed by atoms with Crippen molar-refractivity contribution >= 4 is 16.7 Å². The van der Waals surface area contributed by atoms with Crippen LogP contribution in [0, 0.1) is 11.3 Å². The fraction of sp³-hybridized carbons (Fsp3) is 0.333. The van der Waals surface area contributed by atoms with Gasteiger partial charge in [0.2, 0.25) is 0 Å². The minimum Gasteiger partial charge on any atom is -0.362 e. The van der Waals surface area contributed by atoms with Crippen LogP contribution in [-0.2, 0) is 13.1 Å². The summed E-state index contributed by atoms with van der Waals surface area (Å²) in [5, 5.41) is 13.8. The second kappa shape index (κ2) is 5.74. The predicted molar refractivity (Wildman–Crippen MR) is 94.4 cm³/mol. The first-order valence-electron chi connectivity index (χ1n) is 8.30. The van der Waals surface area contributed by atoms with Crippen molar-refractivity contribution in [1.82, 2.24) is 19.3 Å². The lowest BCUT2D eigenvalue weighted by Crippen LogP contribution is -2.40. The second-order valence-corrected chi connectivity index (χ2v) is 6.49. The van der Waals surface area contributed by atoms with Gasteiger partial charge in [0.05, 0.1) is 24.4 Å². The largest absolute Gasteiger partial charge is 0.362 e. The molecule has 0 bridgehead atoms. The van der Waals surface area contributed by atoms with Gasteiger partial charge in [0.25, 0.3) is 5.56 Å². The fourth-order valence-electron chi connectivity index (χ4n) is 3.23. The number of fused-ring (bicyclic) bond motifs is 2. The van der Waals surface area contributed by atoms with Crippen molar-refractivity contribution in [2.24, 2.45) is 0 Å². The van der Waals surface area contributed by atoms with Gasteiger partial charge in [-0.05, 0) is 38.1 Å². The zero-order valence-corrected chi connectivity index (χ0v) is 14.2. The topological polar surface area (TPSA) is 79.7 Å². The molecule has 0 radical (unpaired) electrons. The van der Waals surface area contributed by atoms with Crippen LogP contribution in [0.1, 0.15) is 31.3 Å². The first kappa shape index (κ1) is 15.4. The first-order chi connectivity index (χ1) is 12.1. The summed E-state index contributed by atoms with van der Waals surface area (Å²) in [7, 11) is 0. The molecular formula is C18H18N6O. The van der Waals surface area contributed by atoms with E-state index in [1.807, 2.05) is 38.1 Å². The van der Waals surface area contributed by atoms with Gasteiger partial charge >= 0.3 is 0 Å². The molecule has 25 heavy (non-hydrogen) atoms. The smallest absolute Gasteiger partial charge is 0.264 e. The Morgan fingerprint density at radius 3 is 2.64 bits per heavy atom. The summed E-state index contributed by atoms with van der Waals surface area (Å²) < 4.78 is 3.53. The van der Waals surface area contributed by atoms with Crippen LogP contribution in [0.2, 0.25) is 0 Å². The molecule has 0 saturated heterocycles. The molecular weight excluding hydrogens is 316 g/mol. The average molecular weight is 334 g/mol. The normalized spacial score (nSPS) is 13.9. The molecule has 0 unspecified atom stereocenters. The van der Waals surface area contributed by atoms with E-state index in [1.165, 1.54) is 0 Å². The lowest BCUT2D eigenvalue weighted by Gasteiger charge is -2.30. The minimum absolute atomic E-state index is 0.0219. The number of aromatic nitrogens is 4. The third-order valence-electron chi connectivity index (χ3n) is 4.57. The molecule has 3 aromatic rings. The molecule has 0 amide bonds. The minimum atomic E-state index is -0.0219. The van der Waals surface area contributed by atoms with Crippen molar-refractivity contribution in [3.8, 4) is 6.07 Å². The summed E-state index contributed by atoms with van der Waals surface area (Å²) >= 11 is 0. The van der Waals surface area contributed by atoms with Crippen LogP contribution in [0.15, 0.2) is 35.3 Å². The highest BCUT2D eigenvalue weighted by Crippen LogP contribution is 2.21. The van der Waals surface area contributed by atoms with Gasteiger partial charge in [0, 0.05) is 24.8 Å². The Kier molecular flexibility index (Phi) is 3.53. The van der Waals surface area contributed by atoms with Crippen LogP contribution in [-0.4, -0.2) is 25.9 Å². The number of anilines is 1. The van der Waals surface area contributed by atoms with Gasteiger partial charge in [0.15, 0.2) is 5.65 Å². The molecule has 0 spiro atoms. The number of benzene rings is 1. The maximum Gasteiger partial charge on any atom is 0.264 e. The summed E-state index contributed by atoms with van der Waals surface area (Å²) in [5.41, 5.74) is 2.29. The fourth-order valence-corrected chi connectivity index (χ4v) is 3.23. The highest BCUT2D eigenvalue weighted by molar-refractivity contribution is 5.73. The monoisotopic (exact) mass is 334 g/mol. The van der Waals surface area contributed by atoms with E-state index in [4.69, 9.17) is 10.2 Å². The van der Waals surface area contributed by atoms with E-state index in [9.17, 15) is 4.79 Å². The van der Waals surface area contributed by atoms with Crippen LogP contribution >= 0.6 is 0 Å². The number of rotatable bonds is 2. The van der Waals surface area contributed by atoms with Gasteiger partial charge in [0.1, 0.15) is 11.2 Å². The molecule has 7 heteroatoms. The Labute approximate surface area is 144 Å². The summed E-state index contributed by atoms with van der Waals surface area (Å²) in [6.07, 6.45) is 1.62. The maximum absolute atomic E-state index is 12.8. The molecule has 0 atom stereocenters. The Hall–Kier alpha value is -3.14. The lowest BCUT2D eigenvalue weighted by molar-refractivity contribution is 0.522. The molecule has 1 aliphatic heterocycles. The molecule has 0 saturated carbocycles. The third-order valence-corrected chi connectivity index (χ3v) is 4.57. The van der Waals surface area contributed by atoms with Crippen LogP contribution in [0.25, 0.3) is 11.0 Å². The summed E-state index contributed by atoms with van der Waals surface area (Å²) in [6, 6.07) is 9.75. The Morgan fingerprint density at radius 1 is 1.20 bits per heavy atom. The van der Waals surface area contributed by atoms with Crippen LogP contribution < -0.4 is 10.5 Å². The maximum atomic E-state index is 12.8. The summed E-state index contributed by atoms with van der Waals surface area (Å²) in [5.74, 6) is 0.746. The van der Waals surface area contributed by atoms with Crippen molar-refractivity contribution in [2.75, 3.05) is 11.4 Å². The van der Waals surface area contributed by atoms with Gasteiger partial charge < -0.3 is 4.90 Å². The zero-order chi connectivity index (χ0) is 17.6. The Balaban J connectivity index is 1.76. The Bertz CT molecular complexity index is 1040. The van der Waals surface area contributed by atoms with Crippen LogP contribution in [0.3, 0.4) is 0 Å². The molecule has 7 nitrogen and oxygen atoms in total. The predicted octanol–water partition coefficient (Wildman–Crippen LogP) is 2.07. The van der Waals surface area contributed by atoms with Crippen molar-refractivity contribution in [1.29, 1.82) is 5.26 Å². The standard InChI is InChI=1S/C18H18N6O/c1-12(2)24-17-15(10-20-24)18(25)23-8-7-22(11-16(23)21-17)14-5-3-13(9-19)4-6-14/h3-6,10,12H,7-8,11H2,1-2H3. The van der Waals surface area contributed by atoms with Gasteiger partial charge in [-0.3, -0.25) is 9.36 Å². The van der Waals surface area contributed by atoms with Gasteiger partial charge in [-0.1, -0.05) is 0 Å². The molecule has 1 aliphatic rings. The number of hydrogen-bond acceptors (Lipinski definition) is 5. The highest BCUT2D eigenvalue weighted by atomic mass is 16.1.